The van der Waals surface area contributed by atoms with Crippen LogP contribution in [0.1, 0.15) is 27.7 Å². The van der Waals surface area contributed by atoms with Gasteiger partial charge in [-0.1, -0.05) is 20.8 Å². The number of methoxy groups -OCH3 is 1. The molecule has 1 unspecified atom stereocenters. The van der Waals surface area contributed by atoms with Crippen LogP contribution in [0.3, 0.4) is 0 Å². The van der Waals surface area contributed by atoms with Gasteiger partial charge >= 0.3 is 0 Å². The van der Waals surface area contributed by atoms with Gasteiger partial charge in [-0.25, -0.2) is 0 Å². The highest BCUT2D eigenvalue weighted by molar-refractivity contribution is 6.64. The van der Waals surface area contributed by atoms with Gasteiger partial charge in [0.15, 0.2) is 0 Å². The fourth-order valence-electron chi connectivity index (χ4n) is 0.857. The SMILES string of the molecule is COCC(C)(C(=O)Cl)C(C)(C)C. The second-order valence-electron chi connectivity index (χ2n) is 4.29. The van der Waals surface area contributed by atoms with Crippen molar-refractivity contribution in [3.8, 4) is 0 Å². The molecule has 0 bridgehead atoms. The smallest absolute Gasteiger partial charge is 0.230 e. The number of halogens is 1. The summed E-state index contributed by atoms with van der Waals surface area (Å²) in [6.45, 7) is 8.12. The zero-order valence-corrected chi connectivity index (χ0v) is 9.16. The molecule has 0 aliphatic carbocycles. The molecule has 0 aliphatic rings. The van der Waals surface area contributed by atoms with E-state index in [1.165, 1.54) is 0 Å². The molecule has 3 heteroatoms. The van der Waals surface area contributed by atoms with Crippen molar-refractivity contribution in [2.24, 2.45) is 10.8 Å². The molecule has 0 aromatic heterocycles. The first-order valence-corrected chi connectivity index (χ1v) is 4.32. The average Bonchev–Trinajstić information content (AvgIpc) is 1.85. The van der Waals surface area contributed by atoms with Gasteiger partial charge < -0.3 is 4.74 Å². The summed E-state index contributed by atoms with van der Waals surface area (Å²) in [7, 11) is 1.57. The monoisotopic (exact) mass is 192 g/mol. The molecule has 0 saturated carbocycles. The number of hydrogen-bond donors (Lipinski definition) is 0. The van der Waals surface area contributed by atoms with E-state index in [1.54, 1.807) is 7.11 Å². The van der Waals surface area contributed by atoms with Crippen LogP contribution in [-0.2, 0) is 9.53 Å². The number of carbonyl (C=O) groups excluding carboxylic acids is 1. The molecule has 0 aromatic carbocycles. The molecule has 0 heterocycles. The van der Waals surface area contributed by atoms with Crippen LogP contribution in [0.15, 0.2) is 0 Å². The van der Waals surface area contributed by atoms with Crippen molar-refractivity contribution >= 4 is 16.8 Å². The molecule has 0 N–H and O–H groups in total. The van der Waals surface area contributed by atoms with E-state index >= 15 is 0 Å². The predicted molar refractivity (Wildman–Crippen MR) is 50.3 cm³/mol. The van der Waals surface area contributed by atoms with Crippen molar-refractivity contribution in [2.75, 3.05) is 13.7 Å². The molecule has 12 heavy (non-hydrogen) atoms. The molecule has 72 valence electrons. The van der Waals surface area contributed by atoms with Gasteiger partial charge in [-0.15, -0.1) is 0 Å². The first kappa shape index (κ1) is 11.9. The van der Waals surface area contributed by atoms with Crippen molar-refractivity contribution in [1.82, 2.24) is 0 Å². The predicted octanol–water partition coefficient (Wildman–Crippen LogP) is 2.45. The fraction of sp³-hybridized carbons (Fsp3) is 0.889. The molecule has 0 spiro atoms. The van der Waals surface area contributed by atoms with Crippen LogP contribution in [0.4, 0.5) is 0 Å². The van der Waals surface area contributed by atoms with Crippen molar-refractivity contribution in [3.05, 3.63) is 0 Å². The standard InChI is InChI=1S/C9H17ClO2/c1-8(2,3)9(4,6-12-5)7(10)11/h6H2,1-5H3. The maximum atomic E-state index is 11.2. The zero-order chi connectivity index (χ0) is 9.99. The van der Waals surface area contributed by atoms with Gasteiger partial charge in [-0.3, -0.25) is 4.79 Å². The highest BCUT2D eigenvalue weighted by Crippen LogP contribution is 2.40. The highest BCUT2D eigenvalue weighted by Gasteiger charge is 2.43. The maximum Gasteiger partial charge on any atom is 0.230 e. The topological polar surface area (TPSA) is 26.3 Å². The lowest BCUT2D eigenvalue weighted by molar-refractivity contribution is -0.129. The summed E-state index contributed by atoms with van der Waals surface area (Å²) < 4.78 is 4.99. The largest absolute Gasteiger partial charge is 0.384 e. The Kier molecular flexibility index (Phi) is 3.73. The van der Waals surface area contributed by atoms with E-state index in [1.807, 2.05) is 27.7 Å². The molecule has 0 rings (SSSR count). The van der Waals surface area contributed by atoms with Gasteiger partial charge in [0.2, 0.25) is 5.24 Å². The summed E-state index contributed by atoms with van der Waals surface area (Å²) in [6.07, 6.45) is 0. The average molecular weight is 193 g/mol. The van der Waals surface area contributed by atoms with E-state index in [2.05, 4.69) is 0 Å². The lowest BCUT2D eigenvalue weighted by Gasteiger charge is -2.37. The third-order valence-corrected chi connectivity index (χ3v) is 2.94. The van der Waals surface area contributed by atoms with E-state index in [0.717, 1.165) is 0 Å². The Morgan fingerprint density at radius 1 is 1.33 bits per heavy atom. The molecule has 0 amide bonds. The van der Waals surface area contributed by atoms with Crippen LogP contribution in [0.2, 0.25) is 0 Å². The molecule has 1 atom stereocenters. The minimum absolute atomic E-state index is 0.179. The second-order valence-corrected chi connectivity index (χ2v) is 4.63. The fourth-order valence-corrected chi connectivity index (χ4v) is 1.19. The molecule has 0 aromatic rings. The maximum absolute atomic E-state index is 11.2. The third kappa shape index (κ3) is 2.20. The minimum atomic E-state index is -0.608. The number of ether oxygens (including phenoxy) is 1. The van der Waals surface area contributed by atoms with Crippen molar-refractivity contribution in [3.63, 3.8) is 0 Å². The Bertz CT molecular complexity index is 172. The third-order valence-electron chi connectivity index (χ3n) is 2.52. The Morgan fingerprint density at radius 3 is 1.83 bits per heavy atom. The van der Waals surface area contributed by atoms with Crippen LogP contribution in [0, 0.1) is 10.8 Å². The lowest BCUT2D eigenvalue weighted by Crippen LogP contribution is -2.41. The van der Waals surface area contributed by atoms with Gasteiger partial charge in [-0.05, 0) is 23.9 Å². The first-order valence-electron chi connectivity index (χ1n) is 3.94. The molecular weight excluding hydrogens is 176 g/mol. The van der Waals surface area contributed by atoms with E-state index in [0.29, 0.717) is 6.61 Å². The van der Waals surface area contributed by atoms with Crippen molar-refractivity contribution in [1.29, 1.82) is 0 Å². The van der Waals surface area contributed by atoms with Crippen LogP contribution >= 0.6 is 11.6 Å². The number of rotatable bonds is 3. The quantitative estimate of drug-likeness (QED) is 0.643. The molecule has 2 nitrogen and oxygen atoms in total. The zero-order valence-electron chi connectivity index (χ0n) is 8.40. The van der Waals surface area contributed by atoms with Gasteiger partial charge in [-0.2, -0.15) is 0 Å². The summed E-state index contributed by atoms with van der Waals surface area (Å²) in [5, 5.41) is -0.336. The van der Waals surface area contributed by atoms with Crippen LogP contribution < -0.4 is 0 Å². The molecular formula is C9H17ClO2. The summed E-state index contributed by atoms with van der Waals surface area (Å²) >= 11 is 5.53. The van der Waals surface area contributed by atoms with E-state index < -0.39 is 5.41 Å². The van der Waals surface area contributed by atoms with Gasteiger partial charge in [0.25, 0.3) is 0 Å². The van der Waals surface area contributed by atoms with Gasteiger partial charge in [0.05, 0.1) is 12.0 Å². The molecule has 0 aliphatic heterocycles. The van der Waals surface area contributed by atoms with Crippen molar-refractivity contribution < 1.29 is 9.53 Å². The normalized spacial score (nSPS) is 17.2. The summed E-state index contributed by atoms with van der Waals surface area (Å²) in [5.41, 5.74) is -0.787. The minimum Gasteiger partial charge on any atom is -0.384 e. The summed E-state index contributed by atoms with van der Waals surface area (Å²) in [5.74, 6) is 0. The molecule has 0 radical (unpaired) electrons. The van der Waals surface area contributed by atoms with Gasteiger partial charge in [0.1, 0.15) is 0 Å². The van der Waals surface area contributed by atoms with Crippen LogP contribution in [0.25, 0.3) is 0 Å². The van der Waals surface area contributed by atoms with Gasteiger partial charge in [0, 0.05) is 7.11 Å². The van der Waals surface area contributed by atoms with Crippen molar-refractivity contribution in [2.45, 2.75) is 27.7 Å². The van der Waals surface area contributed by atoms with E-state index in [4.69, 9.17) is 16.3 Å². The Labute approximate surface area is 79.2 Å². The van der Waals surface area contributed by atoms with Crippen LogP contribution in [0.5, 0.6) is 0 Å². The molecule has 0 fully saturated rings. The Balaban J connectivity index is 4.75. The van der Waals surface area contributed by atoms with E-state index in [9.17, 15) is 4.79 Å². The summed E-state index contributed by atoms with van der Waals surface area (Å²) in [4.78, 5) is 11.2. The number of carbonyl (C=O) groups is 1. The summed E-state index contributed by atoms with van der Waals surface area (Å²) in [6, 6.07) is 0. The highest BCUT2D eigenvalue weighted by atomic mass is 35.5. The molecule has 0 saturated heterocycles. The first-order chi connectivity index (χ1) is 5.25. The van der Waals surface area contributed by atoms with E-state index in [-0.39, 0.29) is 10.7 Å². The lowest BCUT2D eigenvalue weighted by atomic mass is 9.69. The Morgan fingerprint density at radius 2 is 1.75 bits per heavy atom. The Hall–Kier alpha value is -0.0800. The van der Waals surface area contributed by atoms with Crippen LogP contribution in [-0.4, -0.2) is 19.0 Å². The number of hydrogen-bond acceptors (Lipinski definition) is 2. The second kappa shape index (κ2) is 3.75.